The van der Waals surface area contributed by atoms with Crippen molar-refractivity contribution in [3.05, 3.63) is 29.8 Å². The van der Waals surface area contributed by atoms with E-state index in [1.54, 1.807) is 24.3 Å². The van der Waals surface area contributed by atoms with Crippen LogP contribution in [-0.2, 0) is 14.6 Å². The number of para-hydroxylation sites is 1. The molecule has 1 rings (SSSR count). The van der Waals surface area contributed by atoms with E-state index < -0.39 is 20.5 Å². The molecule has 0 radical (unpaired) electrons. The predicted octanol–water partition coefficient (Wildman–Crippen LogP) is 1.11. The van der Waals surface area contributed by atoms with Crippen molar-refractivity contribution >= 4 is 38.6 Å². The third-order valence-corrected chi connectivity index (χ3v) is 5.53. The van der Waals surface area contributed by atoms with Gasteiger partial charge < -0.3 is 10.6 Å². The van der Waals surface area contributed by atoms with Gasteiger partial charge in [0.1, 0.15) is 9.74 Å². The molecule has 0 aliphatic carbocycles. The number of hydrogen-bond acceptors (Lipinski definition) is 4. The van der Waals surface area contributed by atoms with E-state index in [4.69, 9.17) is 18.0 Å². The molecule has 0 bridgehead atoms. The van der Waals surface area contributed by atoms with Gasteiger partial charge in [0.15, 0.2) is 9.84 Å². The van der Waals surface area contributed by atoms with Crippen molar-refractivity contribution in [2.45, 2.75) is 18.6 Å². The Hall–Kier alpha value is -1.47. The molecular weight excluding hydrogens is 296 g/mol. The molecule has 2 N–H and O–H groups in total. The Labute approximate surface area is 124 Å². The molecule has 7 heteroatoms. The van der Waals surface area contributed by atoms with E-state index in [0.29, 0.717) is 11.3 Å². The maximum atomic E-state index is 12.4. The number of amides is 1. The van der Waals surface area contributed by atoms with Gasteiger partial charge in [0, 0.05) is 18.9 Å². The first-order chi connectivity index (χ1) is 9.00. The standard InChI is InChI=1S/C13H18N2O3S2/c1-13(2,20(4,17)18)12(16)15(3)10-8-6-5-7-9(10)11(14)19/h5-8H,1-4H3,(H2,14,19). The fraction of sp³-hybridized carbons (Fsp3) is 0.385. The Morgan fingerprint density at radius 1 is 1.30 bits per heavy atom. The molecular formula is C13H18N2O3S2. The molecule has 0 aliphatic heterocycles. The zero-order valence-electron chi connectivity index (χ0n) is 11.9. The van der Waals surface area contributed by atoms with Crippen molar-refractivity contribution in [1.29, 1.82) is 0 Å². The first-order valence-corrected chi connectivity index (χ1v) is 8.16. The Balaban J connectivity index is 3.30. The lowest BCUT2D eigenvalue weighted by molar-refractivity contribution is -0.120. The zero-order valence-corrected chi connectivity index (χ0v) is 13.5. The highest BCUT2D eigenvalue weighted by atomic mass is 32.2. The maximum Gasteiger partial charge on any atom is 0.247 e. The van der Waals surface area contributed by atoms with Crippen LogP contribution in [0.1, 0.15) is 19.4 Å². The number of carbonyl (C=O) groups is 1. The summed E-state index contributed by atoms with van der Waals surface area (Å²) in [6.07, 6.45) is 1.04. The molecule has 1 aromatic rings. The monoisotopic (exact) mass is 314 g/mol. The number of carbonyl (C=O) groups excluding carboxylic acids is 1. The summed E-state index contributed by atoms with van der Waals surface area (Å²) in [5, 5.41) is 0. The maximum absolute atomic E-state index is 12.4. The molecule has 0 fully saturated rings. The van der Waals surface area contributed by atoms with Crippen LogP contribution in [-0.4, -0.2) is 37.4 Å². The molecule has 0 aromatic heterocycles. The summed E-state index contributed by atoms with van der Waals surface area (Å²) in [6.45, 7) is 2.76. The van der Waals surface area contributed by atoms with E-state index in [1.807, 2.05) is 0 Å². The molecule has 0 saturated carbocycles. The van der Waals surface area contributed by atoms with Gasteiger partial charge in [0.05, 0.1) is 5.69 Å². The van der Waals surface area contributed by atoms with E-state index in [1.165, 1.54) is 25.8 Å². The van der Waals surface area contributed by atoms with E-state index in [0.717, 1.165) is 6.26 Å². The van der Waals surface area contributed by atoms with E-state index in [-0.39, 0.29) is 4.99 Å². The van der Waals surface area contributed by atoms with Crippen molar-refractivity contribution in [2.24, 2.45) is 5.73 Å². The van der Waals surface area contributed by atoms with Gasteiger partial charge in [0.25, 0.3) is 0 Å². The lowest BCUT2D eigenvalue weighted by atomic mass is 10.1. The molecule has 5 nitrogen and oxygen atoms in total. The van der Waals surface area contributed by atoms with Crippen LogP contribution in [0.25, 0.3) is 0 Å². The second kappa shape index (κ2) is 5.49. The summed E-state index contributed by atoms with van der Waals surface area (Å²) in [5.41, 5.74) is 6.64. The fourth-order valence-electron chi connectivity index (χ4n) is 1.65. The van der Waals surface area contributed by atoms with Crippen LogP contribution in [0, 0.1) is 0 Å². The topological polar surface area (TPSA) is 80.5 Å². The zero-order chi connectivity index (χ0) is 15.7. The molecule has 0 aliphatic rings. The molecule has 0 unspecified atom stereocenters. The van der Waals surface area contributed by atoms with E-state index >= 15 is 0 Å². The molecule has 1 amide bonds. The minimum Gasteiger partial charge on any atom is -0.389 e. The Morgan fingerprint density at radius 2 is 1.80 bits per heavy atom. The minimum absolute atomic E-state index is 0.150. The van der Waals surface area contributed by atoms with Gasteiger partial charge >= 0.3 is 0 Å². The quantitative estimate of drug-likeness (QED) is 0.842. The summed E-state index contributed by atoms with van der Waals surface area (Å²) >= 11 is 4.94. The van der Waals surface area contributed by atoms with Gasteiger partial charge in [-0.25, -0.2) is 8.42 Å². The summed E-state index contributed by atoms with van der Waals surface area (Å²) in [5.74, 6) is -0.538. The second-order valence-corrected chi connectivity index (χ2v) is 8.03. The van der Waals surface area contributed by atoms with Gasteiger partial charge in [-0.2, -0.15) is 0 Å². The smallest absolute Gasteiger partial charge is 0.247 e. The molecule has 0 saturated heterocycles. The van der Waals surface area contributed by atoms with Crippen molar-refractivity contribution < 1.29 is 13.2 Å². The van der Waals surface area contributed by atoms with Crippen molar-refractivity contribution in [1.82, 2.24) is 0 Å². The third-order valence-electron chi connectivity index (χ3n) is 3.28. The van der Waals surface area contributed by atoms with Crippen LogP contribution >= 0.6 is 12.2 Å². The van der Waals surface area contributed by atoms with Crippen molar-refractivity contribution in [3.8, 4) is 0 Å². The number of rotatable bonds is 4. The van der Waals surface area contributed by atoms with Crippen molar-refractivity contribution in [3.63, 3.8) is 0 Å². The van der Waals surface area contributed by atoms with Gasteiger partial charge in [0.2, 0.25) is 5.91 Å². The van der Waals surface area contributed by atoms with Crippen LogP contribution in [0.15, 0.2) is 24.3 Å². The molecule has 0 heterocycles. The second-order valence-electron chi connectivity index (χ2n) is 5.03. The van der Waals surface area contributed by atoms with Crippen LogP contribution in [0.4, 0.5) is 5.69 Å². The molecule has 0 spiro atoms. The summed E-state index contributed by atoms with van der Waals surface area (Å²) in [4.78, 5) is 13.9. The SMILES string of the molecule is CN(C(=O)C(C)(C)S(C)(=O)=O)c1ccccc1C(N)=S. The van der Waals surface area contributed by atoms with Crippen LogP contribution in [0.2, 0.25) is 0 Å². The van der Waals surface area contributed by atoms with Gasteiger partial charge in [-0.3, -0.25) is 4.79 Å². The molecule has 110 valence electrons. The lowest BCUT2D eigenvalue weighted by Gasteiger charge is -2.29. The van der Waals surface area contributed by atoms with Gasteiger partial charge in [-0.05, 0) is 26.0 Å². The van der Waals surface area contributed by atoms with Crippen LogP contribution in [0.5, 0.6) is 0 Å². The average molecular weight is 314 g/mol. The number of anilines is 1. The number of hydrogen-bond donors (Lipinski definition) is 1. The highest BCUT2D eigenvalue weighted by molar-refractivity contribution is 7.92. The normalized spacial score (nSPS) is 12.0. The predicted molar refractivity (Wildman–Crippen MR) is 84.7 cm³/mol. The highest BCUT2D eigenvalue weighted by Gasteiger charge is 2.41. The van der Waals surface area contributed by atoms with Crippen LogP contribution in [0.3, 0.4) is 0 Å². The third kappa shape index (κ3) is 2.99. The fourth-order valence-corrected chi connectivity index (χ4v) is 2.27. The number of nitrogens with zero attached hydrogens (tertiary/aromatic N) is 1. The van der Waals surface area contributed by atoms with Gasteiger partial charge in [-0.15, -0.1) is 0 Å². The minimum atomic E-state index is -3.54. The Morgan fingerprint density at radius 3 is 2.25 bits per heavy atom. The first kappa shape index (κ1) is 16.6. The number of nitrogens with two attached hydrogens (primary N) is 1. The lowest BCUT2D eigenvalue weighted by Crippen LogP contribution is -2.48. The van der Waals surface area contributed by atoms with Gasteiger partial charge in [-0.1, -0.05) is 24.4 Å². The highest BCUT2D eigenvalue weighted by Crippen LogP contribution is 2.25. The number of sulfone groups is 1. The molecule has 1 aromatic carbocycles. The molecule has 0 atom stereocenters. The number of thiocarbonyl (C=S) groups is 1. The average Bonchev–Trinajstić information content (AvgIpc) is 2.35. The first-order valence-electron chi connectivity index (χ1n) is 5.86. The van der Waals surface area contributed by atoms with Crippen LogP contribution < -0.4 is 10.6 Å². The van der Waals surface area contributed by atoms with Crippen molar-refractivity contribution in [2.75, 3.05) is 18.2 Å². The van der Waals surface area contributed by atoms with E-state index in [9.17, 15) is 13.2 Å². The molecule has 20 heavy (non-hydrogen) atoms. The number of benzene rings is 1. The summed E-state index contributed by atoms with van der Waals surface area (Å²) in [6, 6.07) is 6.84. The largest absolute Gasteiger partial charge is 0.389 e. The summed E-state index contributed by atoms with van der Waals surface area (Å²) in [7, 11) is -2.04. The van der Waals surface area contributed by atoms with E-state index in [2.05, 4.69) is 0 Å². The Kier molecular flexibility index (Phi) is 4.55. The Bertz CT molecular complexity index is 651. The summed E-state index contributed by atoms with van der Waals surface area (Å²) < 4.78 is 22.0.